The number of hydrogen-bond acceptors (Lipinski definition) is 6. The third kappa shape index (κ3) is 157000. The SMILES string of the molecule is CC(=O)O.CC(=O)O.CC(=O)O.CC(=O)O.NCN.[H-].[Na+].[Na]. The molecule has 0 amide bonds. The minimum atomic E-state index is -0.833. The Kier molecular flexibility index (Phi) is 87.1. The average molecular weight is 333 g/mol. The van der Waals surface area contributed by atoms with Gasteiger partial charge in [0.1, 0.15) is 0 Å². The third-order valence-corrected chi connectivity index (χ3v) is 0. The Bertz CT molecular complexity index is 194. The summed E-state index contributed by atoms with van der Waals surface area (Å²) in [4.78, 5) is 36.0. The van der Waals surface area contributed by atoms with Crippen LogP contribution in [-0.2, 0) is 19.2 Å². The van der Waals surface area contributed by atoms with Gasteiger partial charge < -0.3 is 33.3 Å². The maximum atomic E-state index is 9.00. The second-order valence-electron chi connectivity index (χ2n) is 2.31. The number of carbonyl (C=O) groups is 4. The topological polar surface area (TPSA) is 201 Å². The first kappa shape index (κ1) is 42.8. The number of nitrogens with two attached hydrogens (primary N) is 2. The molecule has 0 bridgehead atoms. The summed E-state index contributed by atoms with van der Waals surface area (Å²) in [5.74, 6) is -3.33. The second kappa shape index (κ2) is 42.7. The van der Waals surface area contributed by atoms with E-state index in [2.05, 4.69) is 11.5 Å². The van der Waals surface area contributed by atoms with Crippen molar-refractivity contribution >= 4 is 53.4 Å². The summed E-state index contributed by atoms with van der Waals surface area (Å²) in [7, 11) is 0. The molecule has 0 heterocycles. The summed E-state index contributed by atoms with van der Waals surface area (Å²) in [6.45, 7) is 4.58. The minimum absolute atomic E-state index is 0. The van der Waals surface area contributed by atoms with Crippen molar-refractivity contribution in [3.63, 3.8) is 0 Å². The quantitative estimate of drug-likeness (QED) is 0.187. The molecule has 0 aliphatic heterocycles. The van der Waals surface area contributed by atoms with Crippen LogP contribution in [0, 0.1) is 0 Å². The summed E-state index contributed by atoms with van der Waals surface area (Å²) in [5, 5.41) is 29.7. The summed E-state index contributed by atoms with van der Waals surface area (Å²) < 4.78 is 0. The maximum Gasteiger partial charge on any atom is 1.00 e. The van der Waals surface area contributed by atoms with Gasteiger partial charge in [0.05, 0.1) is 0 Å². The molecule has 0 spiro atoms. The van der Waals surface area contributed by atoms with Crippen LogP contribution in [0.2, 0.25) is 0 Å². The van der Waals surface area contributed by atoms with Gasteiger partial charge in [0.15, 0.2) is 0 Å². The van der Waals surface area contributed by atoms with Crippen LogP contribution in [0.3, 0.4) is 0 Å². The molecule has 21 heavy (non-hydrogen) atoms. The monoisotopic (exact) mass is 333 g/mol. The number of aliphatic carboxylic acids is 4. The Morgan fingerprint density at radius 3 is 0.714 bits per heavy atom. The average Bonchev–Trinajstić information content (AvgIpc) is 1.97. The zero-order valence-electron chi connectivity index (χ0n) is 14.3. The van der Waals surface area contributed by atoms with Crippen molar-refractivity contribution in [2.75, 3.05) is 6.67 Å². The second-order valence-corrected chi connectivity index (χ2v) is 2.31. The van der Waals surface area contributed by atoms with E-state index in [1.165, 1.54) is 0 Å². The zero-order chi connectivity index (χ0) is 17.0. The summed E-state index contributed by atoms with van der Waals surface area (Å²) in [5.41, 5.74) is 9.25. The van der Waals surface area contributed by atoms with E-state index >= 15 is 0 Å². The van der Waals surface area contributed by atoms with Crippen LogP contribution < -0.4 is 41.0 Å². The Morgan fingerprint density at radius 2 is 0.714 bits per heavy atom. The van der Waals surface area contributed by atoms with Gasteiger partial charge in [-0.05, 0) is 0 Å². The van der Waals surface area contributed by atoms with Crippen molar-refractivity contribution in [3.05, 3.63) is 0 Å². The van der Waals surface area contributed by atoms with Gasteiger partial charge in [-0.25, -0.2) is 0 Å². The Balaban J connectivity index is -0.0000000180. The summed E-state index contributed by atoms with van der Waals surface area (Å²) in [6.07, 6.45) is 0. The fourth-order valence-corrected chi connectivity index (χ4v) is 0. The normalized spacial score (nSPS) is 5.62. The first-order chi connectivity index (χ1) is 8.34. The number of hydrogen-bond donors (Lipinski definition) is 6. The van der Waals surface area contributed by atoms with Crippen molar-refractivity contribution in [3.8, 4) is 0 Å². The summed E-state index contributed by atoms with van der Waals surface area (Å²) in [6, 6.07) is 0. The molecule has 0 aromatic heterocycles. The van der Waals surface area contributed by atoms with Gasteiger partial charge in [-0.1, -0.05) is 0 Å². The van der Waals surface area contributed by atoms with E-state index in [4.69, 9.17) is 39.6 Å². The van der Waals surface area contributed by atoms with Crippen LogP contribution in [0.4, 0.5) is 0 Å². The van der Waals surface area contributed by atoms with Crippen molar-refractivity contribution in [1.29, 1.82) is 0 Å². The summed E-state index contributed by atoms with van der Waals surface area (Å²) >= 11 is 0. The molecule has 10 nitrogen and oxygen atoms in total. The van der Waals surface area contributed by atoms with Gasteiger partial charge in [-0.15, -0.1) is 0 Å². The van der Waals surface area contributed by atoms with Crippen LogP contribution in [0.15, 0.2) is 0 Å². The Labute approximate surface area is 168 Å². The van der Waals surface area contributed by atoms with Gasteiger partial charge >= 0.3 is 29.6 Å². The predicted octanol–water partition coefficient (Wildman–Crippen LogP) is -4.04. The molecule has 0 aliphatic carbocycles. The van der Waals surface area contributed by atoms with E-state index in [-0.39, 0.29) is 67.2 Å². The molecule has 0 aromatic carbocycles. The Hall–Kier alpha value is -0.200. The molecule has 1 radical (unpaired) electrons. The van der Waals surface area contributed by atoms with E-state index < -0.39 is 23.9 Å². The molecule has 0 aliphatic rings. The van der Waals surface area contributed by atoms with Crippen molar-refractivity contribution in [1.82, 2.24) is 0 Å². The third-order valence-electron chi connectivity index (χ3n) is 0. The maximum absolute atomic E-state index is 9.00. The largest absolute Gasteiger partial charge is 1.00 e. The van der Waals surface area contributed by atoms with Crippen molar-refractivity contribution in [2.45, 2.75) is 27.7 Å². The number of carboxylic acid groups (broad SMARTS) is 4. The standard InChI is InChI=1S/4C2H4O2.CH6N2.2Na.H/c4*1-2(3)4;2-1-3;;;/h4*1H3,(H,3,4);1-3H2;;;/q;;;;;;+1;-1. The van der Waals surface area contributed by atoms with Crippen LogP contribution in [0.1, 0.15) is 29.1 Å². The van der Waals surface area contributed by atoms with Gasteiger partial charge in [-0.3, -0.25) is 19.2 Å². The van der Waals surface area contributed by atoms with Gasteiger partial charge in [0.2, 0.25) is 0 Å². The smallest absolute Gasteiger partial charge is 1.00 e. The van der Waals surface area contributed by atoms with Gasteiger partial charge in [0.25, 0.3) is 23.9 Å². The van der Waals surface area contributed by atoms with Crippen molar-refractivity contribution in [2.24, 2.45) is 11.5 Å². The van der Waals surface area contributed by atoms with Crippen molar-refractivity contribution < 1.29 is 70.6 Å². The van der Waals surface area contributed by atoms with E-state index in [0.717, 1.165) is 27.7 Å². The molecule has 119 valence electrons. The molecule has 0 rings (SSSR count). The van der Waals surface area contributed by atoms with Crippen LogP contribution in [-0.4, -0.2) is 80.5 Å². The number of carboxylic acids is 4. The van der Waals surface area contributed by atoms with Crippen LogP contribution in [0.5, 0.6) is 0 Å². The molecular weight excluding hydrogens is 310 g/mol. The molecule has 0 aromatic rings. The molecule has 12 heteroatoms. The van der Waals surface area contributed by atoms with E-state index in [0.29, 0.717) is 0 Å². The zero-order valence-corrected chi connectivity index (χ0v) is 17.3. The fraction of sp³-hybridized carbons (Fsp3) is 0.556. The first-order valence-corrected chi connectivity index (χ1v) is 4.53. The fourth-order valence-electron chi connectivity index (χ4n) is 0. The molecule has 0 fully saturated rings. The van der Waals surface area contributed by atoms with Gasteiger partial charge in [-0.2, -0.15) is 0 Å². The van der Waals surface area contributed by atoms with Crippen LogP contribution in [0.25, 0.3) is 0 Å². The minimum Gasteiger partial charge on any atom is -1.00 e. The Morgan fingerprint density at radius 1 is 0.714 bits per heavy atom. The molecular formula is C9H23N2Na2O8. The van der Waals surface area contributed by atoms with Crippen LogP contribution >= 0.6 is 0 Å². The predicted molar refractivity (Wildman–Crippen MR) is 73.3 cm³/mol. The van der Waals surface area contributed by atoms with E-state index in [1.807, 2.05) is 0 Å². The van der Waals surface area contributed by atoms with E-state index in [1.54, 1.807) is 0 Å². The van der Waals surface area contributed by atoms with Gasteiger partial charge in [0, 0.05) is 63.9 Å². The molecule has 8 N–H and O–H groups in total. The molecule has 0 unspecified atom stereocenters. The molecule has 0 saturated carbocycles. The number of rotatable bonds is 0. The molecule has 0 atom stereocenters. The van der Waals surface area contributed by atoms with E-state index in [9.17, 15) is 0 Å². The first-order valence-electron chi connectivity index (χ1n) is 4.53. The molecule has 0 saturated heterocycles.